The van der Waals surface area contributed by atoms with Crippen molar-refractivity contribution in [2.45, 2.75) is 27.2 Å². The van der Waals surface area contributed by atoms with Gasteiger partial charge in [-0.05, 0) is 31.9 Å². The van der Waals surface area contributed by atoms with Crippen molar-refractivity contribution in [1.82, 2.24) is 4.98 Å². The lowest BCUT2D eigenvalue weighted by Crippen LogP contribution is -2.12. The van der Waals surface area contributed by atoms with E-state index >= 15 is 0 Å². The van der Waals surface area contributed by atoms with Crippen LogP contribution >= 0.6 is 11.6 Å². The molecule has 1 aromatic heterocycles. The third-order valence-corrected chi connectivity index (χ3v) is 4.03. The van der Waals surface area contributed by atoms with Crippen LogP contribution in [0.4, 0.5) is 0 Å². The molecule has 1 heterocycles. The molecule has 23 heavy (non-hydrogen) atoms. The summed E-state index contributed by atoms with van der Waals surface area (Å²) < 4.78 is 10.7. The molecular weight excluding hydrogens is 318 g/mol. The van der Waals surface area contributed by atoms with Crippen LogP contribution in [-0.2, 0) is 6.42 Å². The molecule has 0 saturated heterocycles. The molecule has 0 radical (unpaired) electrons. The second kappa shape index (κ2) is 6.87. The van der Waals surface area contributed by atoms with Gasteiger partial charge in [-0.25, -0.2) is 4.79 Å². The SMILES string of the molecule is CCc1ccc(OC(=O)c2c(C)[nH]c(C)c2C=O)c(Cl)c1OC. The molecule has 6 heteroatoms. The number of carbonyl (C=O) groups excluding carboxylic acids is 2. The molecule has 0 saturated carbocycles. The first kappa shape index (κ1) is 17.1. The van der Waals surface area contributed by atoms with Gasteiger partial charge in [0.1, 0.15) is 10.8 Å². The fourth-order valence-electron chi connectivity index (χ4n) is 2.52. The number of aldehydes is 1. The van der Waals surface area contributed by atoms with Gasteiger partial charge in [-0.3, -0.25) is 4.79 Å². The number of H-pyrrole nitrogens is 1. The number of ether oxygens (including phenoxy) is 2. The Morgan fingerprint density at radius 3 is 2.57 bits per heavy atom. The number of hydrogen-bond acceptors (Lipinski definition) is 4. The van der Waals surface area contributed by atoms with Crippen molar-refractivity contribution in [1.29, 1.82) is 0 Å². The fraction of sp³-hybridized carbons (Fsp3) is 0.294. The topological polar surface area (TPSA) is 68.4 Å². The van der Waals surface area contributed by atoms with Gasteiger partial charge in [0.15, 0.2) is 12.0 Å². The Morgan fingerprint density at radius 1 is 1.30 bits per heavy atom. The van der Waals surface area contributed by atoms with Gasteiger partial charge in [0, 0.05) is 17.0 Å². The number of nitrogens with one attached hydrogen (secondary N) is 1. The third kappa shape index (κ3) is 3.10. The maximum atomic E-state index is 12.4. The van der Waals surface area contributed by atoms with Gasteiger partial charge >= 0.3 is 5.97 Å². The number of benzene rings is 1. The van der Waals surface area contributed by atoms with Crippen LogP contribution in [0.25, 0.3) is 0 Å². The number of aromatic amines is 1. The lowest BCUT2D eigenvalue weighted by molar-refractivity contribution is 0.0731. The Morgan fingerprint density at radius 2 is 2.00 bits per heavy atom. The highest BCUT2D eigenvalue weighted by Crippen LogP contribution is 2.37. The predicted molar refractivity (Wildman–Crippen MR) is 88.0 cm³/mol. The monoisotopic (exact) mass is 335 g/mol. The zero-order valence-corrected chi connectivity index (χ0v) is 14.2. The number of hydrogen-bond donors (Lipinski definition) is 1. The lowest BCUT2D eigenvalue weighted by Gasteiger charge is -2.13. The molecule has 0 aliphatic heterocycles. The highest BCUT2D eigenvalue weighted by Gasteiger charge is 2.23. The number of aromatic nitrogens is 1. The Bertz CT molecular complexity index is 764. The number of methoxy groups -OCH3 is 1. The van der Waals surface area contributed by atoms with Crippen LogP contribution in [0.2, 0.25) is 5.02 Å². The quantitative estimate of drug-likeness (QED) is 0.511. The highest BCUT2D eigenvalue weighted by molar-refractivity contribution is 6.33. The normalized spacial score (nSPS) is 10.5. The van der Waals surface area contributed by atoms with Crippen LogP contribution in [0, 0.1) is 13.8 Å². The van der Waals surface area contributed by atoms with Crippen molar-refractivity contribution in [2.75, 3.05) is 7.11 Å². The summed E-state index contributed by atoms with van der Waals surface area (Å²) in [5, 5.41) is 0.234. The molecule has 0 spiro atoms. The molecule has 0 aliphatic carbocycles. The molecule has 0 bridgehead atoms. The predicted octanol–water partition coefficient (Wildman–Crippen LogP) is 3.89. The number of carbonyl (C=O) groups is 2. The number of aryl methyl sites for hydroxylation is 3. The molecule has 1 aromatic carbocycles. The van der Waals surface area contributed by atoms with Crippen LogP contribution in [0.3, 0.4) is 0 Å². The molecule has 0 amide bonds. The van der Waals surface area contributed by atoms with Crippen LogP contribution in [-0.4, -0.2) is 24.3 Å². The zero-order chi connectivity index (χ0) is 17.1. The molecule has 0 fully saturated rings. The Hall–Kier alpha value is -2.27. The first-order valence-corrected chi connectivity index (χ1v) is 7.54. The van der Waals surface area contributed by atoms with E-state index in [0.29, 0.717) is 29.0 Å². The van der Waals surface area contributed by atoms with Crippen molar-refractivity contribution < 1.29 is 19.1 Å². The molecule has 0 aliphatic rings. The first-order valence-electron chi connectivity index (χ1n) is 7.16. The minimum absolute atomic E-state index is 0.195. The maximum Gasteiger partial charge on any atom is 0.346 e. The summed E-state index contributed by atoms with van der Waals surface area (Å²) >= 11 is 6.26. The van der Waals surface area contributed by atoms with Crippen LogP contribution in [0.5, 0.6) is 11.5 Å². The summed E-state index contributed by atoms with van der Waals surface area (Å²) in [7, 11) is 1.51. The minimum atomic E-state index is -0.637. The van der Waals surface area contributed by atoms with Crippen molar-refractivity contribution in [3.05, 3.63) is 45.2 Å². The van der Waals surface area contributed by atoms with Gasteiger partial charge < -0.3 is 14.5 Å². The summed E-state index contributed by atoms with van der Waals surface area (Å²) in [5.41, 5.74) is 2.62. The Labute approximate surface area is 139 Å². The average Bonchev–Trinajstić information content (AvgIpc) is 2.82. The Balaban J connectivity index is 2.40. The molecule has 122 valence electrons. The van der Waals surface area contributed by atoms with E-state index in [9.17, 15) is 9.59 Å². The summed E-state index contributed by atoms with van der Waals surface area (Å²) in [6.45, 7) is 5.40. The van der Waals surface area contributed by atoms with Gasteiger partial charge in [-0.15, -0.1) is 0 Å². The van der Waals surface area contributed by atoms with Gasteiger partial charge in [0.2, 0.25) is 0 Å². The highest BCUT2D eigenvalue weighted by atomic mass is 35.5. The molecule has 1 N–H and O–H groups in total. The van der Waals surface area contributed by atoms with Crippen molar-refractivity contribution >= 4 is 23.9 Å². The number of rotatable bonds is 5. The van der Waals surface area contributed by atoms with Gasteiger partial charge in [-0.2, -0.15) is 0 Å². The van der Waals surface area contributed by atoms with E-state index in [4.69, 9.17) is 21.1 Å². The second-order valence-corrected chi connectivity index (χ2v) is 5.47. The summed E-state index contributed by atoms with van der Waals surface area (Å²) in [6, 6.07) is 3.42. The van der Waals surface area contributed by atoms with Gasteiger partial charge in [-0.1, -0.05) is 24.6 Å². The molecule has 2 aromatic rings. The van der Waals surface area contributed by atoms with Gasteiger partial charge in [0.25, 0.3) is 0 Å². The van der Waals surface area contributed by atoms with E-state index in [0.717, 1.165) is 12.0 Å². The largest absolute Gasteiger partial charge is 0.495 e. The van der Waals surface area contributed by atoms with E-state index in [1.807, 2.05) is 6.92 Å². The fourth-order valence-corrected chi connectivity index (χ4v) is 2.82. The third-order valence-electron chi connectivity index (χ3n) is 3.68. The van der Waals surface area contributed by atoms with E-state index in [1.165, 1.54) is 7.11 Å². The minimum Gasteiger partial charge on any atom is -0.495 e. The first-order chi connectivity index (χ1) is 10.9. The maximum absolute atomic E-state index is 12.4. The standard InChI is InChI=1S/C17H18ClNO4/c1-5-11-6-7-13(15(18)16(11)22-4)23-17(21)14-10(3)19-9(2)12(14)8-20/h6-8,19H,5H2,1-4H3. The zero-order valence-electron chi connectivity index (χ0n) is 13.5. The average molecular weight is 336 g/mol. The molecule has 0 atom stereocenters. The summed E-state index contributed by atoms with van der Waals surface area (Å²) in [4.78, 5) is 26.6. The van der Waals surface area contributed by atoms with E-state index in [2.05, 4.69) is 4.98 Å². The molecule has 2 rings (SSSR count). The van der Waals surface area contributed by atoms with Crippen LogP contribution < -0.4 is 9.47 Å². The molecular formula is C17H18ClNO4. The second-order valence-electron chi connectivity index (χ2n) is 5.09. The van der Waals surface area contributed by atoms with E-state index in [-0.39, 0.29) is 16.3 Å². The smallest absolute Gasteiger partial charge is 0.346 e. The summed E-state index contributed by atoms with van der Waals surface area (Å²) in [6.07, 6.45) is 1.38. The van der Waals surface area contributed by atoms with Crippen molar-refractivity contribution in [3.8, 4) is 11.5 Å². The summed E-state index contributed by atoms with van der Waals surface area (Å²) in [5.74, 6) is 0.0417. The van der Waals surface area contributed by atoms with Crippen LogP contribution in [0.15, 0.2) is 12.1 Å². The number of esters is 1. The van der Waals surface area contributed by atoms with Crippen LogP contribution in [0.1, 0.15) is 44.6 Å². The molecule has 0 unspecified atom stereocenters. The molecule has 5 nitrogen and oxygen atoms in total. The van der Waals surface area contributed by atoms with Crippen molar-refractivity contribution in [2.24, 2.45) is 0 Å². The number of halogens is 1. The van der Waals surface area contributed by atoms with Gasteiger partial charge in [0.05, 0.1) is 12.7 Å². The van der Waals surface area contributed by atoms with Crippen molar-refractivity contribution in [3.63, 3.8) is 0 Å². The van der Waals surface area contributed by atoms with E-state index < -0.39 is 5.97 Å². The lowest BCUT2D eigenvalue weighted by atomic mass is 10.1. The Kier molecular flexibility index (Phi) is 5.11. The van der Waals surface area contributed by atoms with E-state index in [1.54, 1.807) is 26.0 Å².